The molecule has 1 aliphatic rings. The zero-order valence-corrected chi connectivity index (χ0v) is 24.1. The summed E-state index contributed by atoms with van der Waals surface area (Å²) in [5, 5.41) is 28.0. The third-order valence-electron chi connectivity index (χ3n) is 7.20. The Balaban J connectivity index is 1.35. The molecule has 1 amide bonds. The highest BCUT2D eigenvalue weighted by atomic mass is 16.3. The number of hydrogen-bond donors (Lipinski definition) is 6. The maximum atomic E-state index is 13.6. The topological polar surface area (TPSA) is 183 Å². The molecule has 44 heavy (non-hydrogen) atoms. The number of fused-ring (bicyclic) bond motifs is 1. The van der Waals surface area contributed by atoms with E-state index < -0.39 is 23.5 Å². The number of pyridine rings is 1. The molecule has 0 bridgehead atoms. The molecule has 2 heterocycles. The molecule has 2 unspecified atom stereocenters. The van der Waals surface area contributed by atoms with Gasteiger partial charge in [0, 0.05) is 36.1 Å². The lowest BCUT2D eigenvalue weighted by Crippen LogP contribution is -2.40. The van der Waals surface area contributed by atoms with Crippen LogP contribution in [0.3, 0.4) is 0 Å². The van der Waals surface area contributed by atoms with E-state index in [2.05, 4.69) is 37.0 Å². The van der Waals surface area contributed by atoms with Crippen molar-refractivity contribution in [2.45, 2.75) is 25.2 Å². The van der Waals surface area contributed by atoms with Crippen molar-refractivity contribution in [1.82, 2.24) is 25.2 Å². The highest BCUT2D eigenvalue weighted by molar-refractivity contribution is 6.43. The number of rotatable bonds is 9. The normalized spacial score (nSPS) is 15.2. The number of carbonyl (C=O) groups excluding carboxylic acids is 1. The van der Waals surface area contributed by atoms with E-state index in [0.29, 0.717) is 23.5 Å². The van der Waals surface area contributed by atoms with Gasteiger partial charge in [-0.2, -0.15) is 0 Å². The molecule has 5 rings (SSSR count). The number of aromatic nitrogens is 3. The molecular weight excluding hydrogens is 558 g/mol. The Hall–Kier alpha value is -5.30. The minimum Gasteiger partial charge on any atom is -0.379 e. The predicted octanol–water partition coefficient (Wildman–Crippen LogP) is 2.28. The van der Waals surface area contributed by atoms with Crippen LogP contribution in [-0.4, -0.2) is 57.0 Å². The summed E-state index contributed by atoms with van der Waals surface area (Å²) in [6.45, 7) is 0.232. The second-order valence-electron chi connectivity index (χ2n) is 10.2. The number of amides is 1. The number of aliphatic imine (C=N–C) groups is 1. The van der Waals surface area contributed by atoms with Crippen LogP contribution in [0.15, 0.2) is 101 Å². The number of benzene rings is 2. The van der Waals surface area contributed by atoms with Crippen LogP contribution in [0.4, 0.5) is 5.69 Å². The number of anilines is 1. The van der Waals surface area contributed by atoms with E-state index in [1.165, 1.54) is 16.3 Å². The molecule has 12 nitrogen and oxygen atoms in total. The predicted molar refractivity (Wildman–Crippen MR) is 170 cm³/mol. The monoisotopic (exact) mass is 591 g/mol. The Morgan fingerprint density at radius 3 is 2.59 bits per heavy atom. The van der Waals surface area contributed by atoms with Crippen LogP contribution in [0.25, 0.3) is 17.5 Å². The van der Waals surface area contributed by atoms with Gasteiger partial charge in [0.25, 0.3) is 11.5 Å². The molecule has 1 aliphatic carbocycles. The molecule has 0 saturated heterocycles. The summed E-state index contributed by atoms with van der Waals surface area (Å²) in [6.07, 6.45) is 6.51. The van der Waals surface area contributed by atoms with Gasteiger partial charge in [-0.25, -0.2) is 9.98 Å². The maximum Gasteiger partial charge on any atom is 0.291 e. The Labute approximate surface area is 253 Å². The van der Waals surface area contributed by atoms with Gasteiger partial charge >= 0.3 is 0 Å². The van der Waals surface area contributed by atoms with Crippen molar-refractivity contribution in [2.75, 3.05) is 18.9 Å². The number of carbonyl (C=O) groups is 1. The first kappa shape index (κ1) is 30.2. The van der Waals surface area contributed by atoms with Crippen molar-refractivity contribution >= 4 is 29.3 Å². The second kappa shape index (κ2) is 13.8. The van der Waals surface area contributed by atoms with Crippen LogP contribution in [0.1, 0.15) is 29.2 Å². The van der Waals surface area contributed by atoms with Crippen molar-refractivity contribution in [1.29, 1.82) is 5.41 Å². The lowest BCUT2D eigenvalue weighted by atomic mass is 9.89. The standard InChI is InChI=1S/C32H33N9O3/c1-35-25-15-20(14-23-17-36-13-12-24(23)25)16-37-27(42)19-41-30(22-10-6-3-7-11-22)38-18-26(32(41)44)39-31(43)29(34)40-28(33)21-8-4-2-5-9-21/h2-14,17-18,25,27,35,37,42H,15-16,19H2,1H3,(H,39,43)(H3,33,34,40). The molecule has 2 atom stereocenters. The molecule has 4 aromatic rings. The largest absolute Gasteiger partial charge is 0.379 e. The fourth-order valence-electron chi connectivity index (χ4n) is 4.96. The third kappa shape index (κ3) is 7.01. The molecule has 0 spiro atoms. The molecule has 224 valence electrons. The lowest BCUT2D eigenvalue weighted by molar-refractivity contribution is -0.110. The highest BCUT2D eigenvalue weighted by Crippen LogP contribution is 2.30. The first-order chi connectivity index (χ1) is 21.3. The van der Waals surface area contributed by atoms with Crippen LogP contribution in [0.2, 0.25) is 0 Å². The minimum atomic E-state index is -1.12. The van der Waals surface area contributed by atoms with Crippen LogP contribution in [0, 0.1) is 5.41 Å². The maximum absolute atomic E-state index is 13.6. The van der Waals surface area contributed by atoms with Crippen LogP contribution in [-0.2, 0) is 11.3 Å². The summed E-state index contributed by atoms with van der Waals surface area (Å²) >= 11 is 0. The number of nitrogens with two attached hydrogens (primary N) is 1. The highest BCUT2D eigenvalue weighted by Gasteiger charge is 2.22. The van der Waals surface area contributed by atoms with Crippen molar-refractivity contribution in [2.24, 2.45) is 10.7 Å². The van der Waals surface area contributed by atoms with Gasteiger partial charge in [0.2, 0.25) is 0 Å². The van der Waals surface area contributed by atoms with Gasteiger partial charge in [-0.15, -0.1) is 0 Å². The van der Waals surface area contributed by atoms with Gasteiger partial charge < -0.3 is 21.5 Å². The number of nitrogens with zero attached hydrogens (tertiary/aromatic N) is 4. The molecule has 0 fully saturated rings. The smallest absolute Gasteiger partial charge is 0.291 e. The molecule has 7 N–H and O–H groups in total. The van der Waals surface area contributed by atoms with Crippen molar-refractivity contribution < 1.29 is 9.90 Å². The van der Waals surface area contributed by atoms with Gasteiger partial charge in [-0.05, 0) is 30.7 Å². The number of hydrogen-bond acceptors (Lipinski definition) is 8. The summed E-state index contributed by atoms with van der Waals surface area (Å²) in [6, 6.07) is 19.8. The van der Waals surface area contributed by atoms with Crippen molar-refractivity contribution in [3.8, 4) is 11.4 Å². The zero-order valence-electron chi connectivity index (χ0n) is 24.1. The molecule has 12 heteroatoms. The lowest BCUT2D eigenvalue weighted by Gasteiger charge is -2.26. The molecule has 0 aliphatic heterocycles. The molecule has 2 aromatic carbocycles. The van der Waals surface area contributed by atoms with E-state index in [9.17, 15) is 14.7 Å². The second-order valence-corrected chi connectivity index (χ2v) is 10.2. The molecule has 0 saturated carbocycles. The number of aliphatic hydroxyl groups is 1. The SMILES string of the molecule is CNC1CC(CNC(O)Cn2c(-c3ccccc3)ncc(NC(=O)C(N)=NC(=N)c3ccccc3)c2=O)=Cc2cnccc21. The Morgan fingerprint density at radius 1 is 1.14 bits per heavy atom. The Morgan fingerprint density at radius 2 is 1.86 bits per heavy atom. The Kier molecular flexibility index (Phi) is 9.45. The fraction of sp³-hybridized carbons (Fsp3) is 0.188. The van der Waals surface area contributed by atoms with Gasteiger partial charge in [0.15, 0.2) is 11.7 Å². The fourth-order valence-corrected chi connectivity index (χ4v) is 4.96. The first-order valence-electron chi connectivity index (χ1n) is 14.0. The van der Waals surface area contributed by atoms with E-state index in [0.717, 1.165) is 17.6 Å². The first-order valence-corrected chi connectivity index (χ1v) is 14.0. The summed E-state index contributed by atoms with van der Waals surface area (Å²) in [5.41, 5.74) is 9.49. The van der Waals surface area contributed by atoms with E-state index in [-0.39, 0.29) is 24.1 Å². The summed E-state index contributed by atoms with van der Waals surface area (Å²) < 4.78 is 1.30. The van der Waals surface area contributed by atoms with E-state index in [1.54, 1.807) is 48.7 Å². The van der Waals surface area contributed by atoms with E-state index in [4.69, 9.17) is 11.1 Å². The van der Waals surface area contributed by atoms with Crippen LogP contribution in [0.5, 0.6) is 0 Å². The van der Waals surface area contributed by atoms with E-state index >= 15 is 0 Å². The van der Waals surface area contributed by atoms with Gasteiger partial charge in [-0.1, -0.05) is 72.3 Å². The van der Waals surface area contributed by atoms with Crippen LogP contribution >= 0.6 is 0 Å². The number of nitrogens with one attached hydrogen (secondary N) is 4. The van der Waals surface area contributed by atoms with Gasteiger partial charge in [-0.3, -0.25) is 29.9 Å². The molecular formula is C32H33N9O3. The molecule has 0 radical (unpaired) electrons. The zero-order chi connectivity index (χ0) is 31.1. The average molecular weight is 592 g/mol. The summed E-state index contributed by atoms with van der Waals surface area (Å²) in [7, 11) is 1.91. The van der Waals surface area contributed by atoms with Crippen molar-refractivity contribution in [3.05, 3.63) is 118 Å². The Bertz CT molecular complexity index is 1770. The summed E-state index contributed by atoms with van der Waals surface area (Å²) in [5.74, 6) is -1.23. The quantitative estimate of drug-likeness (QED) is 0.0973. The van der Waals surface area contributed by atoms with Gasteiger partial charge in [0.1, 0.15) is 17.7 Å². The van der Waals surface area contributed by atoms with E-state index in [1.807, 2.05) is 37.5 Å². The average Bonchev–Trinajstić information content (AvgIpc) is 3.05. The third-order valence-corrected chi connectivity index (χ3v) is 7.20. The minimum absolute atomic E-state index is 0.121. The van der Waals surface area contributed by atoms with Gasteiger partial charge in [0.05, 0.1) is 12.7 Å². The summed E-state index contributed by atoms with van der Waals surface area (Å²) in [4.78, 5) is 39.0. The number of aliphatic hydroxyl groups excluding tert-OH is 1. The van der Waals surface area contributed by atoms with Crippen LogP contribution < -0.4 is 27.2 Å². The molecule has 2 aromatic heterocycles. The van der Waals surface area contributed by atoms with Crippen molar-refractivity contribution in [3.63, 3.8) is 0 Å². The number of amidine groups is 2.